The van der Waals surface area contributed by atoms with Crippen LogP contribution in [0.15, 0.2) is 71.3 Å². The standard InChI is InChI=1S/C24H25BrIN3O2/c1-23(2,3)18-8-5-6-10-20(18)31-21-19(9-7-15-27-21)28-22(30)29-24(4,26)16-11-13-17(25)14-12-16/h5-15H,1-4H3,(H2,28,29,30). The minimum Gasteiger partial charge on any atom is -0.437 e. The van der Waals surface area contributed by atoms with Gasteiger partial charge in [0.15, 0.2) is 0 Å². The fraction of sp³-hybridized carbons (Fsp3) is 0.250. The summed E-state index contributed by atoms with van der Waals surface area (Å²) in [5.74, 6) is 1.05. The molecule has 31 heavy (non-hydrogen) atoms. The van der Waals surface area contributed by atoms with E-state index < -0.39 is 3.55 Å². The van der Waals surface area contributed by atoms with Crippen LogP contribution in [0.25, 0.3) is 0 Å². The zero-order valence-electron chi connectivity index (χ0n) is 17.9. The van der Waals surface area contributed by atoms with Crippen LogP contribution < -0.4 is 15.4 Å². The molecular formula is C24H25BrIN3O2. The van der Waals surface area contributed by atoms with Crippen LogP contribution in [0.5, 0.6) is 11.6 Å². The van der Waals surface area contributed by atoms with Crippen molar-refractivity contribution in [2.45, 2.75) is 36.7 Å². The van der Waals surface area contributed by atoms with E-state index in [9.17, 15) is 4.79 Å². The van der Waals surface area contributed by atoms with E-state index in [1.807, 2.05) is 55.5 Å². The van der Waals surface area contributed by atoms with Crippen LogP contribution in [0.3, 0.4) is 0 Å². The number of urea groups is 1. The molecule has 2 N–H and O–H groups in total. The number of aromatic nitrogens is 1. The average Bonchev–Trinajstić information content (AvgIpc) is 2.69. The van der Waals surface area contributed by atoms with Crippen molar-refractivity contribution in [3.05, 3.63) is 82.5 Å². The van der Waals surface area contributed by atoms with Gasteiger partial charge in [-0.1, -0.05) is 67.0 Å². The molecule has 0 aliphatic carbocycles. The van der Waals surface area contributed by atoms with Gasteiger partial charge >= 0.3 is 6.03 Å². The summed E-state index contributed by atoms with van der Waals surface area (Å²) >= 11 is 5.65. The van der Waals surface area contributed by atoms with Gasteiger partial charge in [0.2, 0.25) is 5.88 Å². The first-order valence-corrected chi connectivity index (χ1v) is 11.7. The number of hydrogen-bond acceptors (Lipinski definition) is 3. The third kappa shape index (κ3) is 6.20. The number of para-hydroxylation sites is 1. The number of benzene rings is 2. The van der Waals surface area contributed by atoms with Crippen molar-refractivity contribution in [3.8, 4) is 11.6 Å². The molecule has 1 atom stereocenters. The van der Waals surface area contributed by atoms with Crippen LogP contribution in [-0.2, 0) is 8.96 Å². The van der Waals surface area contributed by atoms with Crippen molar-refractivity contribution in [2.75, 3.05) is 5.32 Å². The fourth-order valence-electron chi connectivity index (χ4n) is 3.05. The number of nitrogens with one attached hydrogen (secondary N) is 2. The van der Waals surface area contributed by atoms with Crippen LogP contribution >= 0.6 is 38.5 Å². The van der Waals surface area contributed by atoms with Gasteiger partial charge in [-0.3, -0.25) is 0 Å². The molecule has 0 bridgehead atoms. The Hall–Kier alpha value is -2.13. The van der Waals surface area contributed by atoms with Crippen molar-refractivity contribution in [1.29, 1.82) is 0 Å². The number of nitrogens with zero attached hydrogens (tertiary/aromatic N) is 1. The molecule has 1 heterocycles. The highest BCUT2D eigenvalue weighted by Crippen LogP contribution is 2.36. The minimum atomic E-state index is -0.593. The lowest BCUT2D eigenvalue weighted by molar-refractivity contribution is 0.248. The van der Waals surface area contributed by atoms with Crippen LogP contribution in [0.4, 0.5) is 10.5 Å². The van der Waals surface area contributed by atoms with Gasteiger partial charge in [0.05, 0.1) is 0 Å². The van der Waals surface area contributed by atoms with E-state index in [4.69, 9.17) is 4.74 Å². The predicted octanol–water partition coefficient (Wildman–Crippen LogP) is 7.36. The third-order valence-electron chi connectivity index (χ3n) is 4.66. The van der Waals surface area contributed by atoms with Crippen LogP contribution in [0.1, 0.15) is 38.8 Å². The van der Waals surface area contributed by atoms with Gasteiger partial charge in [-0.25, -0.2) is 9.78 Å². The SMILES string of the molecule is CC(C)(C)c1ccccc1Oc1ncccc1NC(=O)NC(C)(I)c1ccc(Br)cc1. The summed E-state index contributed by atoms with van der Waals surface area (Å²) in [5.41, 5.74) is 2.44. The second-order valence-electron chi connectivity index (χ2n) is 8.29. The van der Waals surface area contributed by atoms with E-state index in [-0.39, 0.29) is 11.4 Å². The highest BCUT2D eigenvalue weighted by molar-refractivity contribution is 14.1. The highest BCUT2D eigenvalue weighted by Gasteiger charge is 2.26. The van der Waals surface area contributed by atoms with E-state index in [0.29, 0.717) is 17.3 Å². The second kappa shape index (κ2) is 9.56. The van der Waals surface area contributed by atoms with E-state index >= 15 is 0 Å². The maximum absolute atomic E-state index is 12.8. The van der Waals surface area contributed by atoms with Gasteiger partial charge in [-0.2, -0.15) is 0 Å². The summed E-state index contributed by atoms with van der Waals surface area (Å²) in [5, 5.41) is 5.88. The molecule has 0 aliphatic heterocycles. The Bertz CT molecular complexity index is 1060. The molecule has 2 amide bonds. The Morgan fingerprint density at radius 2 is 1.68 bits per heavy atom. The van der Waals surface area contributed by atoms with Gasteiger partial charge in [0, 0.05) is 16.2 Å². The summed E-state index contributed by atoms with van der Waals surface area (Å²) in [6, 6.07) is 18.9. The molecule has 5 nitrogen and oxygen atoms in total. The first-order valence-electron chi connectivity index (χ1n) is 9.83. The van der Waals surface area contributed by atoms with Gasteiger partial charge in [0.1, 0.15) is 15.0 Å². The maximum atomic E-state index is 12.8. The fourth-order valence-corrected chi connectivity index (χ4v) is 3.92. The van der Waals surface area contributed by atoms with E-state index in [0.717, 1.165) is 15.6 Å². The first-order chi connectivity index (χ1) is 14.6. The monoisotopic (exact) mass is 593 g/mol. The predicted molar refractivity (Wildman–Crippen MR) is 137 cm³/mol. The number of ether oxygens (including phenoxy) is 1. The molecule has 3 aromatic rings. The van der Waals surface area contributed by atoms with Crippen LogP contribution in [0, 0.1) is 0 Å². The Morgan fingerprint density at radius 3 is 2.35 bits per heavy atom. The molecule has 0 saturated heterocycles. The number of alkyl halides is 1. The molecule has 3 rings (SSSR count). The second-order valence-corrected chi connectivity index (χ2v) is 11.4. The van der Waals surface area contributed by atoms with Gasteiger partial charge in [-0.15, -0.1) is 0 Å². The molecule has 0 aliphatic rings. The summed E-state index contributed by atoms with van der Waals surface area (Å²) in [6.45, 7) is 8.33. The molecule has 0 fully saturated rings. The Balaban J connectivity index is 1.78. The maximum Gasteiger partial charge on any atom is 0.320 e. The minimum absolute atomic E-state index is 0.0932. The van der Waals surface area contributed by atoms with Gasteiger partial charge in [0.25, 0.3) is 0 Å². The number of hydrogen-bond donors (Lipinski definition) is 2. The number of amides is 2. The van der Waals surface area contributed by atoms with Crippen molar-refractivity contribution >= 4 is 50.2 Å². The lowest BCUT2D eigenvalue weighted by Crippen LogP contribution is -2.41. The van der Waals surface area contributed by atoms with Gasteiger partial charge in [-0.05, 0) is 70.8 Å². The zero-order chi connectivity index (χ0) is 22.6. The summed E-state index contributed by atoms with van der Waals surface area (Å²) < 4.78 is 6.53. The molecule has 1 unspecified atom stereocenters. The molecule has 0 spiro atoms. The lowest BCUT2D eigenvalue weighted by atomic mass is 9.86. The molecule has 1 aromatic heterocycles. The van der Waals surface area contributed by atoms with E-state index in [2.05, 4.69) is 74.9 Å². The summed E-state index contributed by atoms with van der Waals surface area (Å²) in [4.78, 5) is 17.1. The summed E-state index contributed by atoms with van der Waals surface area (Å²) in [6.07, 6.45) is 1.64. The van der Waals surface area contributed by atoms with Crippen molar-refractivity contribution in [3.63, 3.8) is 0 Å². The van der Waals surface area contributed by atoms with Gasteiger partial charge < -0.3 is 15.4 Å². The Kier molecular flexibility index (Phi) is 7.26. The largest absolute Gasteiger partial charge is 0.437 e. The van der Waals surface area contributed by atoms with Crippen molar-refractivity contribution in [2.24, 2.45) is 0 Å². The van der Waals surface area contributed by atoms with E-state index in [1.165, 1.54) is 0 Å². The topological polar surface area (TPSA) is 63.2 Å². The van der Waals surface area contributed by atoms with Crippen molar-refractivity contribution < 1.29 is 9.53 Å². The average molecular weight is 594 g/mol. The summed E-state index contributed by atoms with van der Waals surface area (Å²) in [7, 11) is 0. The normalized spacial score (nSPS) is 13.2. The van der Waals surface area contributed by atoms with Crippen LogP contribution in [-0.4, -0.2) is 11.0 Å². The van der Waals surface area contributed by atoms with Crippen molar-refractivity contribution in [1.82, 2.24) is 10.3 Å². The van der Waals surface area contributed by atoms with Crippen LogP contribution in [0.2, 0.25) is 0 Å². The quantitative estimate of drug-likeness (QED) is 0.184. The lowest BCUT2D eigenvalue weighted by Gasteiger charge is -2.25. The molecule has 7 heteroatoms. The first kappa shape index (κ1) is 23.5. The number of halogens is 2. The number of rotatable bonds is 5. The number of carbonyl (C=O) groups excluding carboxylic acids is 1. The third-order valence-corrected chi connectivity index (χ3v) is 6.08. The molecule has 162 valence electrons. The highest BCUT2D eigenvalue weighted by atomic mass is 127. The zero-order valence-corrected chi connectivity index (χ0v) is 21.6. The Labute approximate surface area is 205 Å². The molecule has 2 aromatic carbocycles. The molecule has 0 radical (unpaired) electrons. The number of anilines is 1. The molecular weight excluding hydrogens is 569 g/mol. The number of pyridine rings is 1. The Morgan fingerprint density at radius 1 is 1.00 bits per heavy atom. The van der Waals surface area contributed by atoms with E-state index in [1.54, 1.807) is 18.3 Å². The smallest absolute Gasteiger partial charge is 0.320 e. The molecule has 0 saturated carbocycles. The number of carbonyl (C=O) groups is 1.